The molecule has 1 amide bonds. The topological polar surface area (TPSA) is 100 Å². The predicted octanol–water partition coefficient (Wildman–Crippen LogP) is 1.94. The van der Waals surface area contributed by atoms with Crippen LogP contribution in [0.25, 0.3) is 0 Å². The van der Waals surface area contributed by atoms with E-state index in [4.69, 9.17) is 14.7 Å². The Bertz CT molecular complexity index is 844. The van der Waals surface area contributed by atoms with Crippen LogP contribution in [0.15, 0.2) is 36.7 Å². The average Bonchev–Trinajstić information content (AvgIpc) is 3.17. The molecule has 1 spiro atoms. The summed E-state index contributed by atoms with van der Waals surface area (Å²) >= 11 is 0. The molecular weight excluding hydrogens is 346 g/mol. The fourth-order valence-electron chi connectivity index (χ4n) is 3.29. The second kappa shape index (κ2) is 7.31. The van der Waals surface area contributed by atoms with E-state index < -0.39 is 5.79 Å². The van der Waals surface area contributed by atoms with Crippen molar-refractivity contribution < 1.29 is 14.3 Å². The van der Waals surface area contributed by atoms with Gasteiger partial charge in [0.05, 0.1) is 37.2 Å². The molecule has 3 heterocycles. The Morgan fingerprint density at radius 2 is 1.81 bits per heavy atom. The van der Waals surface area contributed by atoms with Crippen molar-refractivity contribution in [2.45, 2.75) is 18.6 Å². The van der Waals surface area contributed by atoms with E-state index in [0.29, 0.717) is 24.5 Å². The molecule has 1 N–H and O–H groups in total. The highest BCUT2D eigenvalue weighted by molar-refractivity contribution is 6.02. The highest BCUT2D eigenvalue weighted by atomic mass is 16.7. The summed E-state index contributed by atoms with van der Waals surface area (Å²) in [6.45, 7) is 2.85. The van der Waals surface area contributed by atoms with Crippen molar-refractivity contribution >= 4 is 17.4 Å². The van der Waals surface area contributed by atoms with E-state index in [-0.39, 0.29) is 11.6 Å². The number of nitrogens with zero attached hydrogens (tertiary/aromatic N) is 4. The normalized spacial score (nSPS) is 18.3. The molecule has 0 bridgehead atoms. The van der Waals surface area contributed by atoms with E-state index in [1.807, 2.05) is 6.07 Å². The van der Waals surface area contributed by atoms with E-state index in [0.717, 1.165) is 31.7 Å². The summed E-state index contributed by atoms with van der Waals surface area (Å²) in [5.41, 5.74) is 1.37. The lowest BCUT2D eigenvalue weighted by molar-refractivity contribution is -0.169. The van der Waals surface area contributed by atoms with E-state index in [1.165, 1.54) is 6.20 Å². The Balaban J connectivity index is 1.37. The number of hydrogen-bond donors (Lipinski definition) is 1. The fourth-order valence-corrected chi connectivity index (χ4v) is 3.29. The van der Waals surface area contributed by atoms with Crippen LogP contribution in [-0.2, 0) is 9.47 Å². The van der Waals surface area contributed by atoms with Gasteiger partial charge in [-0.2, -0.15) is 5.26 Å². The molecule has 4 rings (SSSR count). The van der Waals surface area contributed by atoms with Crippen molar-refractivity contribution in [2.24, 2.45) is 0 Å². The zero-order valence-corrected chi connectivity index (χ0v) is 14.7. The van der Waals surface area contributed by atoms with Crippen LogP contribution in [0.3, 0.4) is 0 Å². The van der Waals surface area contributed by atoms with Gasteiger partial charge in [0.25, 0.3) is 5.91 Å². The molecule has 0 saturated carbocycles. The Labute approximate surface area is 156 Å². The van der Waals surface area contributed by atoms with E-state index in [2.05, 4.69) is 20.2 Å². The van der Waals surface area contributed by atoms with Gasteiger partial charge in [0.1, 0.15) is 11.5 Å². The molecule has 2 aromatic rings. The van der Waals surface area contributed by atoms with Crippen molar-refractivity contribution in [2.75, 3.05) is 36.5 Å². The number of rotatable bonds is 3. The standard InChI is InChI=1S/C19H19N5O3/c20-11-14-1-3-15(4-2-14)23-18(25)16-12-22-17(13-21-16)24-7-5-19(6-8-24)26-9-10-27-19/h1-4,12-13H,5-10H2,(H,23,25). The lowest BCUT2D eigenvalue weighted by atomic mass is 10.0. The molecule has 1 aromatic heterocycles. The maximum Gasteiger partial charge on any atom is 0.275 e. The molecule has 138 valence electrons. The number of ether oxygens (including phenoxy) is 2. The van der Waals surface area contributed by atoms with Gasteiger partial charge in [-0.3, -0.25) is 4.79 Å². The highest BCUT2D eigenvalue weighted by Crippen LogP contribution is 2.32. The zero-order chi connectivity index (χ0) is 18.7. The third kappa shape index (κ3) is 3.74. The number of nitriles is 1. The minimum absolute atomic E-state index is 0.235. The third-order valence-electron chi connectivity index (χ3n) is 4.81. The van der Waals surface area contributed by atoms with Gasteiger partial charge in [-0.1, -0.05) is 0 Å². The van der Waals surface area contributed by atoms with Crippen LogP contribution in [0.1, 0.15) is 28.9 Å². The summed E-state index contributed by atoms with van der Waals surface area (Å²) in [6.07, 6.45) is 4.66. The van der Waals surface area contributed by atoms with Crippen molar-refractivity contribution in [3.05, 3.63) is 47.9 Å². The van der Waals surface area contributed by atoms with Crippen LogP contribution < -0.4 is 10.2 Å². The van der Waals surface area contributed by atoms with Gasteiger partial charge < -0.3 is 19.7 Å². The summed E-state index contributed by atoms with van der Waals surface area (Å²) in [5.74, 6) is -0.0351. The van der Waals surface area contributed by atoms with Crippen molar-refractivity contribution in [3.8, 4) is 6.07 Å². The number of hydrogen-bond acceptors (Lipinski definition) is 7. The summed E-state index contributed by atoms with van der Waals surface area (Å²) < 4.78 is 11.5. The maximum atomic E-state index is 12.3. The van der Waals surface area contributed by atoms with Crippen LogP contribution in [0.2, 0.25) is 0 Å². The molecule has 8 nitrogen and oxygen atoms in total. The van der Waals surface area contributed by atoms with Crippen LogP contribution in [0.5, 0.6) is 0 Å². The molecule has 2 aliphatic heterocycles. The Morgan fingerprint density at radius 1 is 1.11 bits per heavy atom. The van der Waals surface area contributed by atoms with E-state index in [9.17, 15) is 4.79 Å². The average molecular weight is 365 g/mol. The van der Waals surface area contributed by atoms with Gasteiger partial charge in [0.15, 0.2) is 5.79 Å². The molecule has 0 atom stereocenters. The molecule has 1 aromatic carbocycles. The summed E-state index contributed by atoms with van der Waals surface area (Å²) in [7, 11) is 0. The second-order valence-electron chi connectivity index (χ2n) is 6.50. The smallest absolute Gasteiger partial charge is 0.275 e. The Kier molecular flexibility index (Phi) is 4.71. The molecular formula is C19H19N5O3. The lowest BCUT2D eigenvalue weighted by Gasteiger charge is -2.37. The number of aromatic nitrogens is 2. The quantitative estimate of drug-likeness (QED) is 0.887. The predicted molar refractivity (Wildman–Crippen MR) is 97.2 cm³/mol. The van der Waals surface area contributed by atoms with E-state index >= 15 is 0 Å². The van der Waals surface area contributed by atoms with Gasteiger partial charge in [-0.15, -0.1) is 0 Å². The summed E-state index contributed by atoms with van der Waals surface area (Å²) in [6, 6.07) is 8.68. The van der Waals surface area contributed by atoms with Gasteiger partial charge in [-0.25, -0.2) is 9.97 Å². The lowest BCUT2D eigenvalue weighted by Crippen LogP contribution is -2.45. The van der Waals surface area contributed by atoms with Gasteiger partial charge >= 0.3 is 0 Å². The molecule has 0 unspecified atom stereocenters. The minimum atomic E-state index is -0.426. The molecule has 2 saturated heterocycles. The second-order valence-corrected chi connectivity index (χ2v) is 6.50. The van der Waals surface area contributed by atoms with Crippen LogP contribution in [-0.4, -0.2) is 48.0 Å². The Hall–Kier alpha value is -3.02. The third-order valence-corrected chi connectivity index (χ3v) is 4.81. The molecule has 8 heteroatoms. The van der Waals surface area contributed by atoms with Crippen LogP contribution in [0.4, 0.5) is 11.5 Å². The van der Waals surface area contributed by atoms with Gasteiger partial charge in [-0.05, 0) is 24.3 Å². The fraction of sp³-hybridized carbons (Fsp3) is 0.368. The number of carbonyl (C=O) groups excluding carboxylic acids is 1. The highest BCUT2D eigenvalue weighted by Gasteiger charge is 2.40. The number of piperidine rings is 1. The molecule has 2 aliphatic rings. The summed E-state index contributed by atoms with van der Waals surface area (Å²) in [5, 5.41) is 11.6. The minimum Gasteiger partial charge on any atom is -0.355 e. The number of carbonyl (C=O) groups is 1. The van der Waals surface area contributed by atoms with Crippen molar-refractivity contribution in [1.29, 1.82) is 5.26 Å². The molecule has 0 aliphatic carbocycles. The maximum absolute atomic E-state index is 12.3. The van der Waals surface area contributed by atoms with Gasteiger partial charge in [0.2, 0.25) is 0 Å². The Morgan fingerprint density at radius 3 is 2.41 bits per heavy atom. The van der Waals surface area contributed by atoms with Crippen LogP contribution >= 0.6 is 0 Å². The summed E-state index contributed by atoms with van der Waals surface area (Å²) in [4.78, 5) is 23.0. The number of amides is 1. The van der Waals surface area contributed by atoms with Crippen molar-refractivity contribution in [3.63, 3.8) is 0 Å². The first kappa shape index (κ1) is 17.4. The van der Waals surface area contributed by atoms with Crippen molar-refractivity contribution in [1.82, 2.24) is 9.97 Å². The first-order chi connectivity index (χ1) is 13.2. The van der Waals surface area contributed by atoms with Gasteiger partial charge in [0, 0.05) is 31.6 Å². The molecule has 27 heavy (non-hydrogen) atoms. The largest absolute Gasteiger partial charge is 0.355 e. The molecule has 2 fully saturated rings. The number of anilines is 2. The zero-order valence-electron chi connectivity index (χ0n) is 14.7. The van der Waals surface area contributed by atoms with E-state index in [1.54, 1.807) is 30.5 Å². The number of nitrogens with one attached hydrogen (secondary N) is 1. The first-order valence-electron chi connectivity index (χ1n) is 8.84. The SMILES string of the molecule is N#Cc1ccc(NC(=O)c2cnc(N3CCC4(CC3)OCCO4)cn2)cc1. The van der Waals surface area contributed by atoms with Crippen LogP contribution in [0, 0.1) is 11.3 Å². The molecule has 0 radical (unpaired) electrons. The monoisotopic (exact) mass is 365 g/mol. The number of benzene rings is 1. The first-order valence-corrected chi connectivity index (χ1v) is 8.84.